The van der Waals surface area contributed by atoms with E-state index < -0.39 is 0 Å². The van der Waals surface area contributed by atoms with Crippen LogP contribution in [-0.4, -0.2) is 19.1 Å². The Bertz CT molecular complexity index is 415. The summed E-state index contributed by atoms with van der Waals surface area (Å²) in [4.78, 5) is 2.51. The normalized spacial score (nSPS) is 16.4. The summed E-state index contributed by atoms with van der Waals surface area (Å²) in [6, 6.07) is 7.99. The van der Waals surface area contributed by atoms with Gasteiger partial charge in [0.05, 0.1) is 0 Å². The molecule has 1 fully saturated rings. The van der Waals surface area contributed by atoms with Crippen molar-refractivity contribution < 1.29 is 0 Å². The average molecular weight is 325 g/mol. The maximum atomic E-state index is 3.74. The van der Waals surface area contributed by atoms with Crippen LogP contribution in [0.2, 0.25) is 0 Å². The number of halogens is 1. The summed E-state index contributed by atoms with van der Waals surface area (Å²) < 4.78 is 1.22. The molecule has 1 saturated carbocycles. The number of nitrogens with one attached hydrogen (secondary N) is 1. The molecule has 0 heterocycles. The topological polar surface area (TPSA) is 15.3 Å². The minimum Gasteiger partial charge on any atom is -0.369 e. The van der Waals surface area contributed by atoms with E-state index in [0.717, 1.165) is 19.1 Å². The fourth-order valence-corrected chi connectivity index (χ4v) is 3.26. The van der Waals surface area contributed by atoms with Crippen LogP contribution in [0, 0.1) is 0 Å². The summed E-state index contributed by atoms with van der Waals surface area (Å²) >= 11 is 3.74. The van der Waals surface area contributed by atoms with Gasteiger partial charge in [-0.25, -0.2) is 0 Å². The van der Waals surface area contributed by atoms with Crippen molar-refractivity contribution in [2.24, 2.45) is 0 Å². The first-order valence-corrected chi connectivity index (χ1v) is 8.26. The lowest BCUT2D eigenvalue weighted by Gasteiger charge is -2.24. The minimum atomic E-state index is 0.402. The third kappa shape index (κ3) is 3.73. The molecule has 1 N–H and O–H groups in total. The molecule has 0 aromatic heterocycles. The third-order valence-electron chi connectivity index (χ3n) is 3.81. The van der Waals surface area contributed by atoms with E-state index in [1.807, 2.05) is 0 Å². The third-order valence-corrected chi connectivity index (χ3v) is 4.50. The maximum Gasteiger partial charge on any atom is 0.0380 e. The lowest BCUT2D eigenvalue weighted by Crippen LogP contribution is -2.25. The van der Waals surface area contributed by atoms with Crippen LogP contribution in [0.15, 0.2) is 22.7 Å². The van der Waals surface area contributed by atoms with E-state index in [0.29, 0.717) is 6.04 Å². The number of benzene rings is 1. The lowest BCUT2D eigenvalue weighted by atomic mass is 10.1. The highest BCUT2D eigenvalue weighted by molar-refractivity contribution is 9.10. The zero-order valence-corrected chi connectivity index (χ0v) is 13.8. The molecule has 0 amide bonds. The molecule has 1 aromatic carbocycles. The van der Waals surface area contributed by atoms with Gasteiger partial charge in [-0.15, -0.1) is 0 Å². The monoisotopic (exact) mass is 324 g/mol. The summed E-state index contributed by atoms with van der Waals surface area (Å²) in [5.74, 6) is 0. The molecule has 1 aliphatic rings. The molecule has 2 nitrogen and oxygen atoms in total. The second-order valence-corrected chi connectivity index (χ2v) is 6.25. The van der Waals surface area contributed by atoms with E-state index in [-0.39, 0.29) is 0 Å². The molecule has 1 atom stereocenters. The van der Waals surface area contributed by atoms with Gasteiger partial charge in [-0.3, -0.25) is 0 Å². The first kappa shape index (κ1) is 14.9. The number of nitrogens with zero attached hydrogens (tertiary/aromatic N) is 1. The number of rotatable bonds is 7. The van der Waals surface area contributed by atoms with Crippen molar-refractivity contribution in [3.63, 3.8) is 0 Å². The van der Waals surface area contributed by atoms with Crippen LogP contribution >= 0.6 is 15.9 Å². The molecule has 1 aliphatic carbocycles. The highest BCUT2D eigenvalue weighted by Crippen LogP contribution is 2.34. The first-order valence-electron chi connectivity index (χ1n) is 7.46. The predicted molar refractivity (Wildman–Crippen MR) is 86.9 cm³/mol. The quantitative estimate of drug-likeness (QED) is 0.794. The summed E-state index contributed by atoms with van der Waals surface area (Å²) in [7, 11) is 0. The fraction of sp³-hybridized carbons (Fsp3) is 0.625. The van der Waals surface area contributed by atoms with Crippen LogP contribution in [0.5, 0.6) is 0 Å². The van der Waals surface area contributed by atoms with Gasteiger partial charge in [0, 0.05) is 28.8 Å². The molecule has 0 radical (unpaired) electrons. The molecule has 0 bridgehead atoms. The molecule has 106 valence electrons. The van der Waals surface area contributed by atoms with E-state index in [1.54, 1.807) is 0 Å². The fourth-order valence-electron chi connectivity index (χ4n) is 2.55. The molecule has 0 saturated heterocycles. The predicted octanol–water partition coefficient (Wildman–Crippen LogP) is 4.50. The van der Waals surface area contributed by atoms with Crippen LogP contribution in [0.25, 0.3) is 0 Å². The minimum absolute atomic E-state index is 0.402. The van der Waals surface area contributed by atoms with Crippen molar-refractivity contribution >= 4 is 21.6 Å². The first-order chi connectivity index (χ1) is 9.17. The van der Waals surface area contributed by atoms with Gasteiger partial charge < -0.3 is 10.2 Å². The Labute approximate surface area is 125 Å². The van der Waals surface area contributed by atoms with E-state index in [4.69, 9.17) is 0 Å². The van der Waals surface area contributed by atoms with E-state index >= 15 is 0 Å². The Morgan fingerprint density at radius 3 is 2.63 bits per heavy atom. The van der Waals surface area contributed by atoms with Gasteiger partial charge in [0.2, 0.25) is 0 Å². The maximum absolute atomic E-state index is 3.74. The van der Waals surface area contributed by atoms with Gasteiger partial charge in [0.15, 0.2) is 0 Å². The molecule has 0 aliphatic heterocycles. The van der Waals surface area contributed by atoms with Crippen LogP contribution in [0.4, 0.5) is 5.69 Å². The summed E-state index contributed by atoms with van der Waals surface area (Å²) in [5.41, 5.74) is 2.70. The van der Waals surface area contributed by atoms with Gasteiger partial charge in [0.1, 0.15) is 0 Å². The highest BCUT2D eigenvalue weighted by Gasteiger charge is 2.28. The second kappa shape index (κ2) is 6.76. The van der Waals surface area contributed by atoms with Gasteiger partial charge in [-0.2, -0.15) is 0 Å². The van der Waals surface area contributed by atoms with Crippen LogP contribution in [0.3, 0.4) is 0 Å². The van der Waals surface area contributed by atoms with Crippen LogP contribution in [0.1, 0.15) is 51.6 Å². The SMILES string of the molecule is CCCNC(C)c1ccc(N(CC)C2CC2)cc1Br. The van der Waals surface area contributed by atoms with Crippen molar-refractivity contribution in [3.05, 3.63) is 28.2 Å². The molecular formula is C16H25BrN2. The van der Waals surface area contributed by atoms with Gasteiger partial charge in [-0.1, -0.05) is 28.9 Å². The standard InChI is InChI=1S/C16H25BrN2/c1-4-10-18-12(3)15-9-8-14(11-16(15)17)19(5-2)13-6-7-13/h8-9,11-13,18H,4-7,10H2,1-3H3. The molecule has 2 rings (SSSR count). The summed E-state index contributed by atoms with van der Waals surface area (Å²) in [6.45, 7) is 8.84. The molecule has 19 heavy (non-hydrogen) atoms. The number of hydrogen-bond acceptors (Lipinski definition) is 2. The lowest BCUT2D eigenvalue weighted by molar-refractivity contribution is 0.569. The van der Waals surface area contributed by atoms with Crippen molar-refractivity contribution in [3.8, 4) is 0 Å². The summed E-state index contributed by atoms with van der Waals surface area (Å²) in [6.07, 6.45) is 3.87. The average Bonchev–Trinajstić information content (AvgIpc) is 3.21. The van der Waals surface area contributed by atoms with E-state index in [9.17, 15) is 0 Å². The zero-order chi connectivity index (χ0) is 13.8. The van der Waals surface area contributed by atoms with Crippen molar-refractivity contribution in [2.75, 3.05) is 18.0 Å². The summed E-state index contributed by atoms with van der Waals surface area (Å²) in [5, 5.41) is 3.54. The smallest absolute Gasteiger partial charge is 0.0380 e. The molecule has 0 spiro atoms. The Balaban J connectivity index is 2.11. The van der Waals surface area contributed by atoms with Crippen molar-refractivity contribution in [1.82, 2.24) is 5.32 Å². The van der Waals surface area contributed by atoms with Gasteiger partial charge in [-0.05, 0) is 57.4 Å². The van der Waals surface area contributed by atoms with Crippen molar-refractivity contribution in [2.45, 2.75) is 52.1 Å². The van der Waals surface area contributed by atoms with Crippen molar-refractivity contribution in [1.29, 1.82) is 0 Å². The van der Waals surface area contributed by atoms with Crippen LogP contribution < -0.4 is 10.2 Å². The number of anilines is 1. The Kier molecular flexibility index (Phi) is 5.28. The van der Waals surface area contributed by atoms with E-state index in [1.165, 1.54) is 35.0 Å². The Morgan fingerprint density at radius 1 is 1.37 bits per heavy atom. The number of hydrogen-bond donors (Lipinski definition) is 1. The van der Waals surface area contributed by atoms with Gasteiger partial charge in [0.25, 0.3) is 0 Å². The second-order valence-electron chi connectivity index (χ2n) is 5.40. The van der Waals surface area contributed by atoms with E-state index in [2.05, 4.69) is 65.1 Å². The molecular weight excluding hydrogens is 300 g/mol. The molecule has 1 aromatic rings. The highest BCUT2D eigenvalue weighted by atomic mass is 79.9. The Hall–Kier alpha value is -0.540. The largest absolute Gasteiger partial charge is 0.369 e. The Morgan fingerprint density at radius 2 is 2.11 bits per heavy atom. The van der Waals surface area contributed by atoms with Gasteiger partial charge >= 0.3 is 0 Å². The van der Waals surface area contributed by atoms with Crippen LogP contribution in [-0.2, 0) is 0 Å². The molecule has 3 heteroatoms. The molecule has 1 unspecified atom stereocenters. The zero-order valence-electron chi connectivity index (χ0n) is 12.2.